The van der Waals surface area contributed by atoms with E-state index in [0.717, 1.165) is 4.90 Å². The third-order valence-corrected chi connectivity index (χ3v) is 3.38. The summed E-state index contributed by atoms with van der Waals surface area (Å²) in [6, 6.07) is 8.59. The molecule has 0 atom stereocenters. The van der Waals surface area contributed by atoms with Crippen molar-refractivity contribution in [2.24, 2.45) is 0 Å². The van der Waals surface area contributed by atoms with Gasteiger partial charge in [-0.05, 0) is 18.2 Å². The van der Waals surface area contributed by atoms with Gasteiger partial charge in [0.15, 0.2) is 0 Å². The van der Waals surface area contributed by atoms with Crippen molar-refractivity contribution in [2.45, 2.75) is 6.42 Å². The molecule has 1 aromatic rings. The van der Waals surface area contributed by atoms with E-state index in [1.165, 1.54) is 19.2 Å². The van der Waals surface area contributed by atoms with Crippen molar-refractivity contribution in [3.8, 4) is 12.0 Å². The van der Waals surface area contributed by atoms with Crippen LogP contribution in [0.3, 0.4) is 0 Å². The molecule has 1 rings (SSSR count). The number of nitrogens with zero attached hydrogens (tertiary/aromatic N) is 1. The number of nitrogens with one attached hydrogen (secondary N) is 1. The summed E-state index contributed by atoms with van der Waals surface area (Å²) in [6.45, 7) is -0.181. The van der Waals surface area contributed by atoms with Crippen LogP contribution in [0, 0.1) is 12.0 Å². The Kier molecular flexibility index (Phi) is 6.45. The van der Waals surface area contributed by atoms with Gasteiger partial charge in [0.25, 0.3) is 0 Å². The molecule has 0 radical (unpaired) electrons. The Bertz CT molecular complexity index is 666. The fraction of sp³-hybridized carbons (Fsp3) is 0.250. The van der Waals surface area contributed by atoms with E-state index in [4.69, 9.17) is 16.7 Å². The van der Waals surface area contributed by atoms with Gasteiger partial charge in [0.05, 0.1) is 12.3 Å². The van der Waals surface area contributed by atoms with Crippen LogP contribution in [0.4, 0.5) is 10.5 Å². The van der Waals surface area contributed by atoms with Crippen LogP contribution in [0.2, 0.25) is 5.02 Å². The van der Waals surface area contributed by atoms with Gasteiger partial charge in [-0.3, -0.25) is 4.18 Å². The molecule has 0 heterocycles. The zero-order chi connectivity index (χ0) is 15.9. The third kappa shape index (κ3) is 6.01. The van der Waals surface area contributed by atoms with Gasteiger partial charge in [0.1, 0.15) is 0 Å². The zero-order valence-corrected chi connectivity index (χ0v) is 12.6. The van der Waals surface area contributed by atoms with E-state index < -0.39 is 16.4 Å². The van der Waals surface area contributed by atoms with Crippen LogP contribution in [-0.2, 0) is 14.5 Å². The van der Waals surface area contributed by atoms with Crippen molar-refractivity contribution in [1.82, 2.24) is 4.72 Å². The summed E-state index contributed by atoms with van der Waals surface area (Å²) in [6.07, 6.45) is -1.22. The molecule has 0 saturated carbocycles. The number of halogens is 1. The monoisotopic (exact) mass is 332 g/mol. The van der Waals surface area contributed by atoms with Crippen molar-refractivity contribution in [2.75, 3.05) is 18.6 Å². The average molecular weight is 333 g/mol. The highest BCUT2D eigenvalue weighted by Gasteiger charge is 2.11. The first-order chi connectivity index (χ1) is 9.85. The maximum Gasteiger partial charge on any atom is 0.423 e. The lowest BCUT2D eigenvalue weighted by Crippen LogP contribution is -2.23. The molecule has 1 aromatic carbocycles. The van der Waals surface area contributed by atoms with Crippen LogP contribution >= 0.6 is 11.6 Å². The highest BCUT2D eigenvalue weighted by Crippen LogP contribution is 2.18. The minimum absolute atomic E-state index is 0.0469. The number of hydrogen-bond acceptors (Lipinski definition) is 4. The summed E-state index contributed by atoms with van der Waals surface area (Å²) in [5.41, 5.74) is 0.297. The third-order valence-electron chi connectivity index (χ3n) is 2.16. The highest BCUT2D eigenvalue weighted by atomic mass is 35.5. The van der Waals surface area contributed by atoms with Crippen LogP contribution in [0.25, 0.3) is 0 Å². The van der Waals surface area contributed by atoms with Gasteiger partial charge in [0, 0.05) is 24.5 Å². The number of rotatable bonds is 5. The Hall–Kier alpha value is -1.79. The van der Waals surface area contributed by atoms with Gasteiger partial charge in [-0.1, -0.05) is 23.6 Å². The quantitative estimate of drug-likeness (QED) is 0.485. The topological polar surface area (TPSA) is 95.9 Å². The van der Waals surface area contributed by atoms with E-state index in [1.807, 2.05) is 4.72 Å². The molecule has 1 amide bonds. The molecule has 7 nitrogen and oxygen atoms in total. The summed E-state index contributed by atoms with van der Waals surface area (Å²) in [5, 5.41) is 9.46. The zero-order valence-electron chi connectivity index (χ0n) is 11.0. The summed E-state index contributed by atoms with van der Waals surface area (Å²) in [4.78, 5) is 11.9. The van der Waals surface area contributed by atoms with Gasteiger partial charge in [-0.2, -0.15) is 13.1 Å². The number of carboxylic acid groups (broad SMARTS) is 1. The summed E-state index contributed by atoms with van der Waals surface area (Å²) < 4.78 is 28.4. The SMILES string of the molecule is CNS(=O)(=O)OCCC#CN(C(=O)O)c1cccc(Cl)c1. The van der Waals surface area contributed by atoms with E-state index in [0.29, 0.717) is 10.7 Å². The van der Waals surface area contributed by atoms with Gasteiger partial charge in [-0.25, -0.2) is 9.69 Å². The van der Waals surface area contributed by atoms with Crippen LogP contribution in [0.15, 0.2) is 24.3 Å². The minimum atomic E-state index is -3.76. The number of carbonyl (C=O) groups is 1. The molecular weight excluding hydrogens is 320 g/mol. The van der Waals surface area contributed by atoms with Crippen LogP contribution < -0.4 is 9.62 Å². The predicted octanol–water partition coefficient (Wildman–Crippen LogP) is 1.66. The smallest absolute Gasteiger partial charge is 0.423 e. The molecule has 0 fully saturated rings. The standard InChI is InChI=1S/C12H13ClN2O5S/c1-14-21(18,19)20-8-3-2-7-15(12(16)17)11-6-4-5-10(13)9-11/h4-6,9,14H,3,8H2,1H3,(H,16,17). The maximum atomic E-state index is 11.1. The van der Waals surface area contributed by atoms with Crippen LogP contribution in [0.5, 0.6) is 0 Å². The molecule has 0 aromatic heterocycles. The molecule has 0 aliphatic heterocycles. The lowest BCUT2D eigenvalue weighted by atomic mass is 10.3. The Morgan fingerprint density at radius 3 is 2.81 bits per heavy atom. The molecule has 114 valence electrons. The van der Waals surface area contributed by atoms with E-state index in [1.54, 1.807) is 12.1 Å². The molecule has 0 aliphatic carbocycles. The first-order valence-corrected chi connectivity index (χ1v) is 7.49. The Labute approximate surface area is 127 Å². The Morgan fingerprint density at radius 1 is 1.52 bits per heavy atom. The Morgan fingerprint density at radius 2 is 2.24 bits per heavy atom. The van der Waals surface area contributed by atoms with Crippen molar-refractivity contribution in [1.29, 1.82) is 0 Å². The lowest BCUT2D eigenvalue weighted by Gasteiger charge is -2.11. The van der Waals surface area contributed by atoms with Crippen molar-refractivity contribution < 1.29 is 22.5 Å². The minimum Gasteiger partial charge on any atom is -0.464 e. The maximum absolute atomic E-state index is 11.1. The summed E-state index contributed by atoms with van der Waals surface area (Å²) >= 11 is 5.78. The summed E-state index contributed by atoms with van der Waals surface area (Å²) in [7, 11) is -2.54. The molecule has 0 unspecified atom stereocenters. The van der Waals surface area contributed by atoms with Gasteiger partial charge in [-0.15, -0.1) is 0 Å². The molecule has 0 saturated heterocycles. The fourth-order valence-electron chi connectivity index (χ4n) is 1.23. The van der Waals surface area contributed by atoms with E-state index in [2.05, 4.69) is 16.1 Å². The van der Waals surface area contributed by atoms with Crippen molar-refractivity contribution in [3.05, 3.63) is 29.3 Å². The summed E-state index contributed by atoms with van der Waals surface area (Å²) in [5.74, 6) is 2.52. The second-order valence-corrected chi connectivity index (χ2v) is 5.61. The van der Waals surface area contributed by atoms with Gasteiger partial charge < -0.3 is 5.11 Å². The molecule has 0 aliphatic rings. The van der Waals surface area contributed by atoms with E-state index in [9.17, 15) is 13.2 Å². The van der Waals surface area contributed by atoms with Gasteiger partial charge >= 0.3 is 16.4 Å². The first-order valence-electron chi connectivity index (χ1n) is 5.71. The molecule has 2 N–H and O–H groups in total. The van der Waals surface area contributed by atoms with Gasteiger partial charge in [0.2, 0.25) is 0 Å². The molecule has 9 heteroatoms. The highest BCUT2D eigenvalue weighted by molar-refractivity contribution is 7.84. The second kappa shape index (κ2) is 7.85. The fourth-order valence-corrected chi connectivity index (χ4v) is 1.84. The first kappa shape index (κ1) is 17.3. The van der Waals surface area contributed by atoms with Crippen molar-refractivity contribution >= 4 is 33.7 Å². The molecular formula is C12H13ClN2O5S. The number of amides is 1. The van der Waals surface area contributed by atoms with Crippen LogP contribution in [0.1, 0.15) is 6.42 Å². The normalized spacial score (nSPS) is 10.6. The molecule has 0 spiro atoms. The average Bonchev–Trinajstić information content (AvgIpc) is 2.42. The van der Waals surface area contributed by atoms with Crippen molar-refractivity contribution in [3.63, 3.8) is 0 Å². The van der Waals surface area contributed by atoms with E-state index in [-0.39, 0.29) is 13.0 Å². The number of benzene rings is 1. The van der Waals surface area contributed by atoms with E-state index >= 15 is 0 Å². The lowest BCUT2D eigenvalue weighted by molar-refractivity contribution is 0.205. The predicted molar refractivity (Wildman–Crippen MR) is 78.3 cm³/mol. The number of anilines is 1. The number of hydrogen-bond donors (Lipinski definition) is 2. The van der Waals surface area contributed by atoms with Crippen LogP contribution in [-0.4, -0.2) is 33.3 Å². The largest absolute Gasteiger partial charge is 0.464 e. The molecule has 0 bridgehead atoms. The second-order valence-electron chi connectivity index (χ2n) is 3.62. The molecule has 21 heavy (non-hydrogen) atoms. The Balaban J connectivity index is 2.69.